The summed E-state index contributed by atoms with van der Waals surface area (Å²) in [7, 11) is -2.29. The number of hydrogen-bond donors (Lipinski definition) is 0. The summed E-state index contributed by atoms with van der Waals surface area (Å²) < 4.78 is 22.7. The molecule has 0 amide bonds. The van der Waals surface area contributed by atoms with Crippen LogP contribution in [0.3, 0.4) is 0 Å². The van der Waals surface area contributed by atoms with Crippen molar-refractivity contribution in [2.75, 3.05) is 26.4 Å². The van der Waals surface area contributed by atoms with E-state index < -0.39 is 18.3 Å². The molecular weight excluding hydrogens is 264 g/mol. The van der Waals surface area contributed by atoms with Gasteiger partial charge >= 0.3 is 8.56 Å². The van der Waals surface area contributed by atoms with Crippen molar-refractivity contribution in [3.05, 3.63) is 0 Å². The van der Waals surface area contributed by atoms with Crippen LogP contribution in [0.5, 0.6) is 0 Å². The van der Waals surface area contributed by atoms with Crippen LogP contribution >= 0.6 is 0 Å². The van der Waals surface area contributed by atoms with Gasteiger partial charge in [-0.1, -0.05) is 19.9 Å². The molecular formula is C12H28O4Si2. The molecule has 18 heavy (non-hydrogen) atoms. The fourth-order valence-corrected chi connectivity index (χ4v) is 6.66. The zero-order valence-electron chi connectivity index (χ0n) is 12.1. The van der Waals surface area contributed by atoms with Crippen LogP contribution in [0.4, 0.5) is 0 Å². The smallest absolute Gasteiger partial charge is 0.324 e. The second-order valence-electron chi connectivity index (χ2n) is 4.90. The van der Waals surface area contributed by atoms with Crippen molar-refractivity contribution in [1.29, 1.82) is 0 Å². The van der Waals surface area contributed by atoms with Gasteiger partial charge in [-0.25, -0.2) is 0 Å². The van der Waals surface area contributed by atoms with E-state index in [2.05, 4.69) is 20.0 Å². The average Bonchev–Trinajstić information content (AvgIpc) is 3.13. The van der Waals surface area contributed by atoms with Crippen molar-refractivity contribution in [2.45, 2.75) is 51.4 Å². The van der Waals surface area contributed by atoms with Crippen molar-refractivity contribution >= 4 is 18.3 Å². The molecule has 2 unspecified atom stereocenters. The molecule has 0 aromatic rings. The molecule has 0 aromatic carbocycles. The van der Waals surface area contributed by atoms with E-state index in [1.54, 1.807) is 0 Å². The van der Waals surface area contributed by atoms with Crippen LogP contribution < -0.4 is 0 Å². The molecule has 0 saturated carbocycles. The van der Waals surface area contributed by atoms with Gasteiger partial charge in [-0.15, -0.1) is 0 Å². The van der Waals surface area contributed by atoms with Gasteiger partial charge in [0.2, 0.25) is 0 Å². The highest BCUT2D eigenvalue weighted by Crippen LogP contribution is 2.17. The van der Waals surface area contributed by atoms with Gasteiger partial charge in [0.25, 0.3) is 0 Å². The number of rotatable bonds is 12. The van der Waals surface area contributed by atoms with Crippen LogP contribution in [0.25, 0.3) is 0 Å². The molecule has 1 saturated heterocycles. The van der Waals surface area contributed by atoms with Gasteiger partial charge in [0, 0.05) is 13.2 Å². The predicted octanol–water partition coefficient (Wildman–Crippen LogP) is 1.83. The monoisotopic (exact) mass is 292 g/mol. The Morgan fingerprint density at radius 2 is 2.11 bits per heavy atom. The van der Waals surface area contributed by atoms with Crippen molar-refractivity contribution in [1.82, 2.24) is 0 Å². The molecule has 0 spiro atoms. The lowest BCUT2D eigenvalue weighted by Gasteiger charge is -2.27. The summed E-state index contributed by atoms with van der Waals surface area (Å²) in [4.78, 5) is 0. The third-order valence-electron chi connectivity index (χ3n) is 2.98. The summed E-state index contributed by atoms with van der Waals surface area (Å²) in [6, 6.07) is 1.04. The van der Waals surface area contributed by atoms with Crippen molar-refractivity contribution in [2.24, 2.45) is 0 Å². The van der Waals surface area contributed by atoms with Crippen molar-refractivity contribution in [3.63, 3.8) is 0 Å². The third kappa shape index (κ3) is 7.65. The first-order valence-corrected chi connectivity index (χ1v) is 11.7. The Labute approximate surface area is 115 Å². The Kier molecular flexibility index (Phi) is 8.36. The average molecular weight is 293 g/mol. The van der Waals surface area contributed by atoms with Crippen LogP contribution in [0.15, 0.2) is 0 Å². The van der Waals surface area contributed by atoms with E-state index in [0.29, 0.717) is 6.10 Å². The normalized spacial score (nSPS) is 22.5. The first-order chi connectivity index (χ1) is 8.70. The van der Waals surface area contributed by atoms with Crippen molar-refractivity contribution in [3.8, 4) is 0 Å². The molecule has 6 heteroatoms. The number of epoxide rings is 1. The Morgan fingerprint density at radius 3 is 2.72 bits per heavy atom. The molecule has 4 nitrogen and oxygen atoms in total. The van der Waals surface area contributed by atoms with Gasteiger partial charge in [-0.3, -0.25) is 0 Å². The van der Waals surface area contributed by atoms with Gasteiger partial charge in [0.05, 0.1) is 13.2 Å². The summed E-state index contributed by atoms with van der Waals surface area (Å²) in [6.07, 6.45) is 3.72. The molecule has 108 valence electrons. The highest BCUT2D eigenvalue weighted by molar-refractivity contribution is 6.70. The maximum atomic E-state index is 6.02. The Balaban J connectivity index is 2.09. The van der Waals surface area contributed by atoms with Gasteiger partial charge in [0.1, 0.15) is 15.9 Å². The zero-order chi connectivity index (χ0) is 13.3. The van der Waals surface area contributed by atoms with E-state index in [0.717, 1.165) is 45.3 Å². The molecule has 0 bridgehead atoms. The lowest BCUT2D eigenvalue weighted by molar-refractivity contribution is 0.115. The second kappa shape index (κ2) is 9.22. The minimum atomic E-state index is -1.90. The minimum absolute atomic E-state index is 0.369. The number of ether oxygens (including phenoxy) is 2. The molecule has 1 fully saturated rings. The lowest BCUT2D eigenvalue weighted by Crippen LogP contribution is -2.40. The SMILES string of the molecule is CCCCO[Si](C)(CCCOCC1CO1)O[SiH2]C. The summed E-state index contributed by atoms with van der Waals surface area (Å²) in [5.74, 6) is 0. The maximum absolute atomic E-state index is 6.02. The quantitative estimate of drug-likeness (QED) is 0.313. The standard InChI is InChI=1S/C12H28O4Si2/c1-4-5-8-15-18(3,16-17-2)9-6-7-13-10-12-11-14-12/h12H,4-11,17H2,1-3H3. The second-order valence-corrected chi connectivity index (χ2v) is 9.69. The molecule has 1 rings (SSSR count). The zero-order valence-corrected chi connectivity index (χ0v) is 14.5. The van der Waals surface area contributed by atoms with E-state index in [-0.39, 0.29) is 0 Å². The highest BCUT2D eigenvalue weighted by Gasteiger charge is 2.30. The van der Waals surface area contributed by atoms with Crippen LogP contribution in [0.2, 0.25) is 19.1 Å². The first kappa shape index (κ1) is 16.3. The van der Waals surface area contributed by atoms with Crippen LogP contribution in [0.1, 0.15) is 26.2 Å². The van der Waals surface area contributed by atoms with Crippen LogP contribution in [0, 0.1) is 0 Å². The molecule has 1 heterocycles. The number of hydrogen-bond acceptors (Lipinski definition) is 4. The van der Waals surface area contributed by atoms with E-state index in [9.17, 15) is 0 Å². The van der Waals surface area contributed by atoms with E-state index in [4.69, 9.17) is 18.0 Å². The summed E-state index contributed by atoms with van der Waals surface area (Å²) >= 11 is 0. The van der Waals surface area contributed by atoms with Crippen molar-refractivity contribution < 1.29 is 18.0 Å². The molecule has 0 aliphatic carbocycles. The summed E-state index contributed by atoms with van der Waals surface area (Å²) in [5, 5.41) is 0. The third-order valence-corrected chi connectivity index (χ3v) is 8.65. The maximum Gasteiger partial charge on any atom is 0.324 e. The minimum Gasteiger partial charge on any atom is -0.442 e. The fraction of sp³-hybridized carbons (Fsp3) is 1.00. The fourth-order valence-electron chi connectivity index (χ4n) is 1.80. The first-order valence-electron chi connectivity index (χ1n) is 7.17. The summed E-state index contributed by atoms with van der Waals surface area (Å²) in [5.41, 5.74) is 0. The molecule has 1 aliphatic rings. The topological polar surface area (TPSA) is 40.2 Å². The molecule has 0 radical (unpaired) electrons. The van der Waals surface area contributed by atoms with E-state index in [1.165, 1.54) is 6.42 Å². The lowest BCUT2D eigenvalue weighted by atomic mass is 10.4. The van der Waals surface area contributed by atoms with Gasteiger partial charge in [0.15, 0.2) is 0 Å². The molecule has 2 atom stereocenters. The summed E-state index contributed by atoms with van der Waals surface area (Å²) in [6.45, 7) is 9.83. The largest absolute Gasteiger partial charge is 0.442 e. The van der Waals surface area contributed by atoms with Crippen LogP contribution in [-0.2, 0) is 18.0 Å². The van der Waals surface area contributed by atoms with Gasteiger partial charge in [-0.05, 0) is 25.4 Å². The molecule has 0 N–H and O–H groups in total. The predicted molar refractivity (Wildman–Crippen MR) is 78.0 cm³/mol. The Bertz CT molecular complexity index is 214. The Hall–Kier alpha value is 0.274. The van der Waals surface area contributed by atoms with Gasteiger partial charge in [-0.2, -0.15) is 0 Å². The van der Waals surface area contributed by atoms with E-state index >= 15 is 0 Å². The molecule has 0 aromatic heterocycles. The van der Waals surface area contributed by atoms with Crippen LogP contribution in [-0.4, -0.2) is 50.9 Å². The Morgan fingerprint density at radius 1 is 1.33 bits per heavy atom. The van der Waals surface area contributed by atoms with E-state index in [1.807, 2.05) is 0 Å². The molecule has 1 aliphatic heterocycles. The number of unbranched alkanes of at least 4 members (excludes halogenated alkanes) is 1. The highest BCUT2D eigenvalue weighted by atomic mass is 28.4. The van der Waals surface area contributed by atoms with Gasteiger partial charge < -0.3 is 18.0 Å².